The summed E-state index contributed by atoms with van der Waals surface area (Å²) in [5, 5.41) is 4.47. The van der Waals surface area contributed by atoms with E-state index in [0.717, 1.165) is 17.8 Å². The minimum atomic E-state index is 0.700. The highest BCUT2D eigenvalue weighted by Gasteiger charge is 2.39. The predicted octanol–water partition coefficient (Wildman–Crippen LogP) is 4.88. The molecule has 0 nitrogen and oxygen atoms in total. The quantitative estimate of drug-likeness (QED) is 0.695. The summed E-state index contributed by atoms with van der Waals surface area (Å²) in [7, 11) is 0. The van der Waals surface area contributed by atoms with E-state index < -0.39 is 0 Å². The van der Waals surface area contributed by atoms with Crippen molar-refractivity contribution >= 4 is 27.3 Å². The highest BCUT2D eigenvalue weighted by Crippen LogP contribution is 2.50. The Labute approximate surface area is 111 Å². The van der Waals surface area contributed by atoms with Crippen LogP contribution in [0.25, 0.3) is 0 Å². The zero-order valence-corrected chi connectivity index (χ0v) is 12.0. The lowest BCUT2D eigenvalue weighted by Gasteiger charge is -2.23. The van der Waals surface area contributed by atoms with Crippen LogP contribution in [0.5, 0.6) is 0 Å². The average molecular weight is 299 g/mol. The van der Waals surface area contributed by atoms with E-state index in [4.69, 9.17) is 0 Å². The fraction of sp³-hybridized carbons (Fsp3) is 0.714. The van der Waals surface area contributed by atoms with E-state index in [2.05, 4.69) is 32.8 Å². The largest absolute Gasteiger partial charge is 0.152 e. The maximum atomic E-state index is 3.89. The van der Waals surface area contributed by atoms with Crippen LogP contribution in [-0.4, -0.2) is 4.83 Å². The number of fused-ring (bicyclic) bond motifs is 2. The van der Waals surface area contributed by atoms with E-state index in [9.17, 15) is 0 Å². The lowest BCUT2D eigenvalue weighted by atomic mass is 9.85. The van der Waals surface area contributed by atoms with Crippen LogP contribution in [0.4, 0.5) is 0 Å². The number of hydrogen-bond acceptors (Lipinski definition) is 1. The molecule has 0 amide bonds. The number of halogens is 1. The molecule has 1 aromatic heterocycles. The molecular weight excluding hydrogens is 280 g/mol. The Bertz CT molecular complexity index is 333. The molecule has 2 aliphatic carbocycles. The van der Waals surface area contributed by atoms with Crippen LogP contribution in [0.15, 0.2) is 16.8 Å². The minimum absolute atomic E-state index is 0.700. The highest BCUT2D eigenvalue weighted by molar-refractivity contribution is 9.09. The summed E-state index contributed by atoms with van der Waals surface area (Å²) >= 11 is 5.70. The maximum Gasteiger partial charge on any atom is 0.0189 e. The van der Waals surface area contributed by atoms with Crippen molar-refractivity contribution < 1.29 is 0 Å². The molecule has 88 valence electrons. The summed E-state index contributed by atoms with van der Waals surface area (Å²) in [6, 6.07) is 2.26. The van der Waals surface area contributed by atoms with Crippen molar-refractivity contribution in [2.24, 2.45) is 17.8 Å². The Kier molecular flexibility index (Phi) is 3.39. The second-order valence-corrected chi connectivity index (χ2v) is 7.68. The summed E-state index contributed by atoms with van der Waals surface area (Å²) < 4.78 is 0. The monoisotopic (exact) mass is 298 g/mol. The summed E-state index contributed by atoms with van der Waals surface area (Å²) in [5.41, 5.74) is 1.51. The fourth-order valence-corrected chi connectivity index (χ4v) is 5.28. The van der Waals surface area contributed by atoms with Crippen molar-refractivity contribution in [3.05, 3.63) is 22.4 Å². The van der Waals surface area contributed by atoms with Gasteiger partial charge in [-0.15, -0.1) is 0 Å². The summed E-state index contributed by atoms with van der Waals surface area (Å²) in [4.78, 5) is 0.700. The Balaban J connectivity index is 1.51. The van der Waals surface area contributed by atoms with Gasteiger partial charge in [-0.2, -0.15) is 11.3 Å². The number of alkyl halides is 1. The normalized spacial score (nSPS) is 34.4. The van der Waals surface area contributed by atoms with E-state index in [0.29, 0.717) is 4.83 Å². The van der Waals surface area contributed by atoms with Gasteiger partial charge in [-0.1, -0.05) is 22.4 Å². The van der Waals surface area contributed by atoms with Crippen molar-refractivity contribution in [3.63, 3.8) is 0 Å². The molecule has 0 saturated heterocycles. The van der Waals surface area contributed by atoms with Gasteiger partial charge in [0.25, 0.3) is 0 Å². The van der Waals surface area contributed by atoms with Crippen LogP contribution in [0.1, 0.15) is 37.7 Å². The Morgan fingerprint density at radius 2 is 2.31 bits per heavy atom. The van der Waals surface area contributed by atoms with Crippen molar-refractivity contribution in [2.45, 2.75) is 43.4 Å². The molecule has 0 spiro atoms. The molecule has 2 saturated carbocycles. The first-order valence-corrected chi connectivity index (χ1v) is 8.32. The summed E-state index contributed by atoms with van der Waals surface area (Å²) in [6.45, 7) is 0. The maximum absolute atomic E-state index is 3.89. The fourth-order valence-electron chi connectivity index (χ4n) is 3.74. The van der Waals surface area contributed by atoms with Crippen LogP contribution < -0.4 is 0 Å². The van der Waals surface area contributed by atoms with Crippen LogP contribution in [0.2, 0.25) is 0 Å². The SMILES string of the molecule is BrC(Cc1ccsc1)CC1CC2CCC1C2. The Hall–Kier alpha value is 0.180. The van der Waals surface area contributed by atoms with Gasteiger partial charge in [-0.25, -0.2) is 0 Å². The van der Waals surface area contributed by atoms with Crippen LogP contribution >= 0.6 is 27.3 Å². The molecule has 4 unspecified atom stereocenters. The molecule has 2 aliphatic rings. The van der Waals surface area contributed by atoms with Gasteiger partial charge in [-0.05, 0) is 72.2 Å². The first-order chi connectivity index (χ1) is 7.81. The lowest BCUT2D eigenvalue weighted by molar-refractivity contribution is 0.313. The molecule has 2 bridgehead atoms. The average Bonchev–Trinajstić information content (AvgIpc) is 2.92. The molecule has 3 rings (SSSR count). The van der Waals surface area contributed by atoms with Crippen molar-refractivity contribution in [1.29, 1.82) is 0 Å². The van der Waals surface area contributed by atoms with Gasteiger partial charge in [0.1, 0.15) is 0 Å². The molecule has 4 atom stereocenters. The molecule has 0 radical (unpaired) electrons. The van der Waals surface area contributed by atoms with E-state index in [-0.39, 0.29) is 0 Å². The number of thiophene rings is 1. The van der Waals surface area contributed by atoms with E-state index in [1.54, 1.807) is 6.42 Å². The molecule has 16 heavy (non-hydrogen) atoms. The molecule has 2 fully saturated rings. The summed E-state index contributed by atoms with van der Waals surface area (Å²) in [6.07, 6.45) is 8.74. The number of hydrogen-bond donors (Lipinski definition) is 0. The van der Waals surface area contributed by atoms with Crippen LogP contribution in [0, 0.1) is 17.8 Å². The molecule has 0 N–H and O–H groups in total. The minimum Gasteiger partial charge on any atom is -0.152 e. The van der Waals surface area contributed by atoms with Crippen LogP contribution in [-0.2, 0) is 6.42 Å². The van der Waals surface area contributed by atoms with E-state index in [1.807, 2.05) is 11.3 Å². The van der Waals surface area contributed by atoms with Gasteiger partial charge < -0.3 is 0 Å². The topological polar surface area (TPSA) is 0 Å². The van der Waals surface area contributed by atoms with Gasteiger partial charge in [0, 0.05) is 4.83 Å². The van der Waals surface area contributed by atoms with Gasteiger partial charge in [0.2, 0.25) is 0 Å². The van der Waals surface area contributed by atoms with E-state index in [1.165, 1.54) is 37.7 Å². The molecule has 1 aromatic rings. The zero-order valence-electron chi connectivity index (χ0n) is 9.57. The summed E-state index contributed by atoms with van der Waals surface area (Å²) in [5.74, 6) is 3.20. The van der Waals surface area contributed by atoms with E-state index >= 15 is 0 Å². The Morgan fingerprint density at radius 3 is 2.94 bits per heavy atom. The van der Waals surface area contributed by atoms with Crippen molar-refractivity contribution in [2.75, 3.05) is 0 Å². The van der Waals surface area contributed by atoms with Gasteiger partial charge in [-0.3, -0.25) is 0 Å². The molecule has 0 aliphatic heterocycles. The van der Waals surface area contributed by atoms with Crippen molar-refractivity contribution in [1.82, 2.24) is 0 Å². The third-order valence-electron chi connectivity index (χ3n) is 4.48. The smallest absolute Gasteiger partial charge is 0.0189 e. The molecule has 1 heterocycles. The first-order valence-electron chi connectivity index (χ1n) is 6.46. The molecular formula is C14H19BrS. The van der Waals surface area contributed by atoms with Gasteiger partial charge in [0.15, 0.2) is 0 Å². The number of rotatable bonds is 4. The molecule has 2 heteroatoms. The predicted molar refractivity (Wildman–Crippen MR) is 74.3 cm³/mol. The third kappa shape index (κ3) is 2.38. The van der Waals surface area contributed by atoms with Gasteiger partial charge in [0.05, 0.1) is 0 Å². The second kappa shape index (κ2) is 4.81. The first kappa shape index (κ1) is 11.3. The highest BCUT2D eigenvalue weighted by atomic mass is 79.9. The lowest BCUT2D eigenvalue weighted by Crippen LogP contribution is -2.16. The van der Waals surface area contributed by atoms with Crippen LogP contribution in [0.3, 0.4) is 0 Å². The second-order valence-electron chi connectivity index (χ2n) is 5.60. The van der Waals surface area contributed by atoms with Crippen molar-refractivity contribution in [3.8, 4) is 0 Å². The third-order valence-corrected chi connectivity index (χ3v) is 5.91. The van der Waals surface area contributed by atoms with Gasteiger partial charge >= 0.3 is 0 Å². The standard InChI is InChI=1S/C14H19BrS/c15-14(7-11-3-4-16-9-11)8-13-6-10-1-2-12(13)5-10/h3-4,9-10,12-14H,1-2,5-8H2. The Morgan fingerprint density at radius 1 is 1.38 bits per heavy atom. The molecule has 0 aromatic carbocycles. The zero-order chi connectivity index (χ0) is 11.0.